The van der Waals surface area contributed by atoms with Crippen LogP contribution in [-0.4, -0.2) is 73.2 Å². The third-order valence-corrected chi connectivity index (χ3v) is 7.49. The molecule has 3 amide bonds. The summed E-state index contributed by atoms with van der Waals surface area (Å²) in [5, 5.41) is 14.8. The van der Waals surface area contributed by atoms with Gasteiger partial charge in [0.1, 0.15) is 17.6 Å². The molecule has 0 aliphatic carbocycles. The summed E-state index contributed by atoms with van der Waals surface area (Å²) < 4.78 is 17.2. The minimum atomic E-state index is -1.02. The molecule has 2 aliphatic rings. The lowest BCUT2D eigenvalue weighted by Gasteiger charge is -2.24. The summed E-state index contributed by atoms with van der Waals surface area (Å²) in [5.41, 5.74) is 6.11. The van der Waals surface area contributed by atoms with E-state index in [0.717, 1.165) is 10.6 Å². The number of amidine groups is 1. The molecule has 1 aromatic heterocycles. The van der Waals surface area contributed by atoms with E-state index in [1.165, 1.54) is 16.2 Å². The molecule has 11 nitrogen and oxygen atoms in total. The molecule has 12 heteroatoms. The number of ether oxygens (including phenoxy) is 3. The number of amides is 3. The Morgan fingerprint density at radius 1 is 1.24 bits per heavy atom. The molecule has 2 fully saturated rings. The first-order chi connectivity index (χ1) is 18.3. The summed E-state index contributed by atoms with van der Waals surface area (Å²) in [7, 11) is 0. The van der Waals surface area contributed by atoms with Gasteiger partial charge in [0.25, 0.3) is 0 Å². The van der Waals surface area contributed by atoms with Gasteiger partial charge in [-0.25, -0.2) is 0 Å². The van der Waals surface area contributed by atoms with Gasteiger partial charge in [0.15, 0.2) is 5.79 Å². The molecule has 204 valence electrons. The van der Waals surface area contributed by atoms with Crippen molar-refractivity contribution in [2.75, 3.05) is 32.9 Å². The minimum Gasteiger partial charge on any atom is -0.494 e. The Morgan fingerprint density at radius 3 is 2.66 bits per heavy atom. The van der Waals surface area contributed by atoms with Crippen LogP contribution in [0.15, 0.2) is 41.8 Å². The fraction of sp³-hybridized carbons (Fsp3) is 0.462. The maximum atomic E-state index is 13.1. The number of hydrogen-bond donors (Lipinski definition) is 4. The van der Waals surface area contributed by atoms with Crippen molar-refractivity contribution in [2.24, 2.45) is 11.7 Å². The number of nitrogen functional groups attached to an aromatic ring is 1. The number of carbonyl (C=O) groups is 3. The fourth-order valence-corrected chi connectivity index (χ4v) is 5.21. The van der Waals surface area contributed by atoms with Gasteiger partial charge < -0.3 is 35.5 Å². The lowest BCUT2D eigenvalue weighted by molar-refractivity contribution is -0.152. The lowest BCUT2D eigenvalue weighted by atomic mass is 10.1. The van der Waals surface area contributed by atoms with Gasteiger partial charge in [-0.1, -0.05) is 25.1 Å². The number of hydrogen-bond acceptors (Lipinski definition) is 8. The summed E-state index contributed by atoms with van der Waals surface area (Å²) in [5.74, 6) is -1.68. The molecule has 2 aliphatic heterocycles. The summed E-state index contributed by atoms with van der Waals surface area (Å²) in [6, 6.07) is 10.3. The van der Waals surface area contributed by atoms with Crippen LogP contribution in [0.3, 0.4) is 0 Å². The van der Waals surface area contributed by atoms with Crippen LogP contribution in [0.2, 0.25) is 0 Å². The van der Waals surface area contributed by atoms with Crippen LogP contribution in [0.25, 0.3) is 0 Å². The zero-order valence-corrected chi connectivity index (χ0v) is 22.1. The first-order valence-corrected chi connectivity index (χ1v) is 13.4. The highest BCUT2D eigenvalue weighted by Crippen LogP contribution is 2.35. The van der Waals surface area contributed by atoms with Crippen molar-refractivity contribution in [1.82, 2.24) is 15.5 Å². The van der Waals surface area contributed by atoms with Gasteiger partial charge in [0, 0.05) is 28.2 Å². The van der Waals surface area contributed by atoms with Gasteiger partial charge in [0.2, 0.25) is 17.7 Å². The van der Waals surface area contributed by atoms with Crippen molar-refractivity contribution in [3.05, 3.63) is 52.2 Å². The molecular weight excluding hydrogens is 510 g/mol. The Morgan fingerprint density at radius 2 is 1.97 bits per heavy atom. The smallest absolute Gasteiger partial charge is 0.243 e. The molecule has 5 N–H and O–H groups in total. The normalized spacial score (nSPS) is 18.8. The molecule has 3 heterocycles. The average molecular weight is 544 g/mol. The summed E-state index contributed by atoms with van der Waals surface area (Å²) in [4.78, 5) is 41.1. The lowest BCUT2D eigenvalue weighted by Crippen LogP contribution is -2.49. The van der Waals surface area contributed by atoms with E-state index in [0.29, 0.717) is 31.8 Å². The predicted octanol–water partition coefficient (Wildman–Crippen LogP) is 1.21. The van der Waals surface area contributed by atoms with E-state index in [4.69, 9.17) is 25.4 Å². The van der Waals surface area contributed by atoms with Crippen molar-refractivity contribution in [1.29, 1.82) is 5.41 Å². The van der Waals surface area contributed by atoms with Crippen molar-refractivity contribution in [2.45, 2.75) is 38.1 Å². The average Bonchev–Trinajstić information content (AvgIpc) is 3.67. The first-order valence-electron chi connectivity index (χ1n) is 12.5. The molecule has 38 heavy (non-hydrogen) atoms. The highest BCUT2D eigenvalue weighted by atomic mass is 32.1. The van der Waals surface area contributed by atoms with Gasteiger partial charge in [-0.3, -0.25) is 19.8 Å². The monoisotopic (exact) mass is 543 g/mol. The van der Waals surface area contributed by atoms with Crippen molar-refractivity contribution in [3.8, 4) is 5.75 Å². The number of benzene rings is 1. The second-order valence-electron chi connectivity index (χ2n) is 9.35. The molecule has 0 saturated carbocycles. The summed E-state index contributed by atoms with van der Waals surface area (Å²) >= 11 is 1.38. The number of rotatable bonds is 11. The number of para-hydroxylation sites is 1. The molecule has 1 unspecified atom stereocenters. The number of nitrogens with two attached hydrogens (primary N) is 1. The largest absolute Gasteiger partial charge is 0.494 e. The molecule has 4 rings (SSSR count). The van der Waals surface area contributed by atoms with Crippen LogP contribution in [0.1, 0.15) is 30.2 Å². The first kappa shape index (κ1) is 27.6. The van der Waals surface area contributed by atoms with E-state index in [-0.39, 0.29) is 49.6 Å². The third-order valence-electron chi connectivity index (χ3n) is 6.55. The van der Waals surface area contributed by atoms with Crippen LogP contribution in [0.4, 0.5) is 0 Å². The maximum Gasteiger partial charge on any atom is 0.243 e. The molecule has 1 spiro atoms. The summed E-state index contributed by atoms with van der Waals surface area (Å²) in [6.07, 6.45) is 0.692. The number of nitrogens with zero attached hydrogens (tertiary/aromatic N) is 1. The highest BCUT2D eigenvalue weighted by molar-refractivity contribution is 7.10. The standard InChI is InChI=1S/C26H33N5O6S/c1-17(7-8-35-19-5-3-2-4-6-19)24(33)30-14-22(32)31-16-26(36-9-10-37-26)12-21(31)25(34)29-13-20-11-18(15-38-20)23(27)28/h2-6,11,15,17,21H,7-10,12-14,16H2,1H3,(H3,27,28)(H,29,34)(H,30,33)/t17?,21-/m0/s1. The van der Waals surface area contributed by atoms with Crippen LogP contribution in [-0.2, 0) is 30.4 Å². The molecule has 1 aromatic carbocycles. The minimum absolute atomic E-state index is 0.0380. The molecule has 2 saturated heterocycles. The number of likely N-dealkylation sites (tertiary alicyclic amines) is 1. The van der Waals surface area contributed by atoms with Crippen molar-refractivity contribution in [3.63, 3.8) is 0 Å². The van der Waals surface area contributed by atoms with Crippen LogP contribution in [0.5, 0.6) is 5.75 Å². The van der Waals surface area contributed by atoms with Crippen LogP contribution in [0, 0.1) is 11.3 Å². The van der Waals surface area contributed by atoms with E-state index in [1.54, 1.807) is 18.4 Å². The Balaban J connectivity index is 1.29. The third kappa shape index (κ3) is 6.88. The Labute approximate surface area is 225 Å². The predicted molar refractivity (Wildman–Crippen MR) is 141 cm³/mol. The van der Waals surface area contributed by atoms with E-state index >= 15 is 0 Å². The zero-order valence-electron chi connectivity index (χ0n) is 21.2. The topological polar surface area (TPSA) is 156 Å². The number of carbonyl (C=O) groups excluding carboxylic acids is 3. The van der Waals surface area contributed by atoms with E-state index in [1.807, 2.05) is 30.3 Å². The van der Waals surface area contributed by atoms with E-state index in [2.05, 4.69) is 10.6 Å². The molecule has 0 radical (unpaired) electrons. The Bertz CT molecular complexity index is 1150. The molecule has 2 aromatic rings. The maximum absolute atomic E-state index is 13.1. The van der Waals surface area contributed by atoms with Gasteiger partial charge in [-0.15, -0.1) is 11.3 Å². The van der Waals surface area contributed by atoms with E-state index < -0.39 is 17.7 Å². The Kier molecular flexibility index (Phi) is 8.97. The SMILES string of the molecule is CC(CCOc1ccccc1)C(=O)NCC(=O)N1CC2(C[C@H]1C(=O)NCc1cc(C(=N)N)cs1)OCCO2. The van der Waals surface area contributed by atoms with Crippen molar-refractivity contribution < 1.29 is 28.6 Å². The second-order valence-corrected chi connectivity index (χ2v) is 10.3. The quantitative estimate of drug-likeness (QED) is 0.245. The van der Waals surface area contributed by atoms with Crippen LogP contribution < -0.4 is 21.1 Å². The fourth-order valence-electron chi connectivity index (χ4n) is 4.39. The second kappa shape index (κ2) is 12.4. The number of nitrogens with one attached hydrogen (secondary N) is 3. The van der Waals surface area contributed by atoms with Crippen molar-refractivity contribution >= 4 is 34.9 Å². The van der Waals surface area contributed by atoms with Gasteiger partial charge >= 0.3 is 0 Å². The summed E-state index contributed by atoms with van der Waals surface area (Å²) in [6.45, 7) is 3.03. The van der Waals surface area contributed by atoms with E-state index in [9.17, 15) is 14.4 Å². The zero-order chi connectivity index (χ0) is 27.1. The van der Waals surface area contributed by atoms with Gasteiger partial charge in [-0.05, 0) is 24.6 Å². The Hall–Kier alpha value is -3.48. The number of thiophene rings is 1. The molecular formula is C26H33N5O6S. The van der Waals surface area contributed by atoms with Gasteiger partial charge in [-0.2, -0.15) is 0 Å². The molecule has 0 bridgehead atoms. The molecule has 2 atom stereocenters. The van der Waals surface area contributed by atoms with Crippen LogP contribution >= 0.6 is 11.3 Å². The highest BCUT2D eigenvalue weighted by Gasteiger charge is 2.52. The van der Waals surface area contributed by atoms with Gasteiger partial charge in [0.05, 0.1) is 39.5 Å².